The third-order valence-corrected chi connectivity index (χ3v) is 5.44. The van der Waals surface area contributed by atoms with E-state index in [4.69, 9.17) is 5.11 Å². The van der Waals surface area contributed by atoms with Crippen LogP contribution in [0.25, 0.3) is 10.9 Å². The summed E-state index contributed by atoms with van der Waals surface area (Å²) in [7, 11) is 0. The number of aryl methyl sites for hydroxylation is 2. The van der Waals surface area contributed by atoms with Crippen molar-refractivity contribution in [3.63, 3.8) is 0 Å². The molecular formula is C26H27N3O2. The van der Waals surface area contributed by atoms with Crippen molar-refractivity contribution in [2.75, 3.05) is 11.9 Å². The summed E-state index contributed by atoms with van der Waals surface area (Å²) in [5.41, 5.74) is 6.10. The second kappa shape index (κ2) is 10.0. The van der Waals surface area contributed by atoms with Gasteiger partial charge in [-0.2, -0.15) is 0 Å². The Hall–Kier alpha value is -3.44. The normalized spacial score (nSPS) is 11.0. The third-order valence-electron chi connectivity index (χ3n) is 5.44. The molecule has 5 heteroatoms. The van der Waals surface area contributed by atoms with Gasteiger partial charge in [-0.1, -0.05) is 30.3 Å². The maximum Gasteiger partial charge on any atom is 0.181 e. The summed E-state index contributed by atoms with van der Waals surface area (Å²) in [5.74, 6) is -0.0525. The molecule has 4 aromatic rings. The molecule has 0 aliphatic rings. The number of nitrogens with one attached hydrogen (secondary N) is 2. The van der Waals surface area contributed by atoms with Gasteiger partial charge in [0.1, 0.15) is 5.69 Å². The Balaban J connectivity index is 1.32. The third kappa shape index (κ3) is 5.38. The van der Waals surface area contributed by atoms with Crippen LogP contribution in [0.5, 0.6) is 0 Å². The molecule has 0 saturated carbocycles. The standard InChI is InChI=1S/C26H27N3O2/c30-16-4-9-26(31)25-17-22(14-15-27-25)29-21-12-10-19(11-13-21)5-3-6-20-18-28-24-8-2-1-7-23(20)24/h1-2,7-8,10-15,17-18,28,30H,3-6,9,16H2,(H,27,29). The van der Waals surface area contributed by atoms with Gasteiger partial charge in [-0.3, -0.25) is 9.78 Å². The number of carbonyl (C=O) groups excluding carboxylic acids is 1. The Bertz CT molecular complexity index is 1150. The number of anilines is 2. The van der Waals surface area contributed by atoms with Gasteiger partial charge in [0.2, 0.25) is 0 Å². The molecule has 31 heavy (non-hydrogen) atoms. The average molecular weight is 414 g/mol. The van der Waals surface area contributed by atoms with Crippen LogP contribution in [0, 0.1) is 0 Å². The van der Waals surface area contributed by atoms with Gasteiger partial charge in [0.15, 0.2) is 5.78 Å². The van der Waals surface area contributed by atoms with Crippen LogP contribution in [0.1, 0.15) is 40.9 Å². The first-order chi connectivity index (χ1) is 15.2. The highest BCUT2D eigenvalue weighted by atomic mass is 16.3. The SMILES string of the molecule is O=C(CCCO)c1cc(Nc2ccc(CCCc3c[nH]c4ccccc34)cc2)ccn1. The molecule has 0 fully saturated rings. The second-order valence-corrected chi connectivity index (χ2v) is 7.72. The first kappa shape index (κ1) is 20.8. The molecule has 0 bridgehead atoms. The topological polar surface area (TPSA) is 78.0 Å². The summed E-state index contributed by atoms with van der Waals surface area (Å²) in [6, 6.07) is 20.4. The average Bonchev–Trinajstić information content (AvgIpc) is 3.22. The number of hydrogen-bond donors (Lipinski definition) is 3. The largest absolute Gasteiger partial charge is 0.396 e. The van der Waals surface area contributed by atoms with E-state index < -0.39 is 0 Å². The van der Waals surface area contributed by atoms with Crippen LogP contribution in [0.15, 0.2) is 73.1 Å². The Kier molecular flexibility index (Phi) is 6.75. The first-order valence-corrected chi connectivity index (χ1v) is 10.7. The zero-order valence-electron chi connectivity index (χ0n) is 17.5. The number of aliphatic hydroxyl groups excluding tert-OH is 1. The number of aromatic amines is 1. The van der Waals surface area contributed by atoms with E-state index in [1.54, 1.807) is 12.3 Å². The maximum atomic E-state index is 12.1. The molecule has 0 aliphatic heterocycles. The number of H-pyrrole nitrogens is 1. The van der Waals surface area contributed by atoms with Gasteiger partial charge in [0, 0.05) is 47.7 Å². The van der Waals surface area contributed by atoms with Crippen molar-refractivity contribution in [2.45, 2.75) is 32.1 Å². The molecule has 0 spiro atoms. The van der Waals surface area contributed by atoms with E-state index in [2.05, 4.69) is 70.0 Å². The molecule has 2 aromatic carbocycles. The zero-order valence-corrected chi connectivity index (χ0v) is 17.5. The Morgan fingerprint density at radius 3 is 2.65 bits per heavy atom. The maximum absolute atomic E-state index is 12.1. The summed E-state index contributed by atoms with van der Waals surface area (Å²) in [6.45, 7) is 0.0117. The number of benzene rings is 2. The Labute approximate surface area is 182 Å². The number of aliphatic hydroxyl groups is 1. The number of fused-ring (bicyclic) bond motifs is 1. The molecule has 0 amide bonds. The van der Waals surface area contributed by atoms with E-state index in [1.165, 1.54) is 22.0 Å². The van der Waals surface area contributed by atoms with E-state index in [9.17, 15) is 4.79 Å². The van der Waals surface area contributed by atoms with Gasteiger partial charge in [-0.05, 0) is 67.1 Å². The minimum Gasteiger partial charge on any atom is -0.396 e. The van der Waals surface area contributed by atoms with Crippen molar-refractivity contribution in [3.05, 3.63) is 89.9 Å². The fraction of sp³-hybridized carbons (Fsp3) is 0.231. The first-order valence-electron chi connectivity index (χ1n) is 10.7. The summed E-state index contributed by atoms with van der Waals surface area (Å²) in [4.78, 5) is 19.6. The monoisotopic (exact) mass is 413 g/mol. The van der Waals surface area contributed by atoms with Crippen LogP contribution >= 0.6 is 0 Å². The van der Waals surface area contributed by atoms with Crippen LogP contribution in [0.2, 0.25) is 0 Å². The summed E-state index contributed by atoms with van der Waals surface area (Å²) in [5, 5.41) is 13.5. The molecule has 0 radical (unpaired) electrons. The highest BCUT2D eigenvalue weighted by molar-refractivity contribution is 5.95. The van der Waals surface area contributed by atoms with Crippen LogP contribution in [-0.4, -0.2) is 27.5 Å². The molecule has 4 rings (SSSR count). The lowest BCUT2D eigenvalue weighted by molar-refractivity contribution is 0.0966. The number of pyridine rings is 1. The molecule has 0 atom stereocenters. The Morgan fingerprint density at radius 1 is 0.968 bits per heavy atom. The molecule has 2 aromatic heterocycles. The number of hydrogen-bond acceptors (Lipinski definition) is 4. The quantitative estimate of drug-likeness (QED) is 0.303. The molecule has 0 aliphatic carbocycles. The highest BCUT2D eigenvalue weighted by Crippen LogP contribution is 2.21. The zero-order chi connectivity index (χ0) is 21.5. The molecule has 5 nitrogen and oxygen atoms in total. The van der Waals surface area contributed by atoms with Gasteiger partial charge in [-0.25, -0.2) is 0 Å². The molecule has 158 valence electrons. The van der Waals surface area contributed by atoms with Gasteiger partial charge >= 0.3 is 0 Å². The molecule has 0 saturated heterocycles. The predicted molar refractivity (Wildman–Crippen MR) is 125 cm³/mol. The van der Waals surface area contributed by atoms with E-state index in [0.29, 0.717) is 18.5 Å². The van der Waals surface area contributed by atoms with Gasteiger partial charge in [-0.15, -0.1) is 0 Å². The van der Waals surface area contributed by atoms with Crippen LogP contribution in [0.3, 0.4) is 0 Å². The lowest BCUT2D eigenvalue weighted by Gasteiger charge is -2.09. The van der Waals surface area contributed by atoms with E-state index in [0.717, 1.165) is 30.6 Å². The summed E-state index contributed by atoms with van der Waals surface area (Å²) < 4.78 is 0. The van der Waals surface area contributed by atoms with Crippen LogP contribution in [0.4, 0.5) is 11.4 Å². The van der Waals surface area contributed by atoms with Crippen molar-refractivity contribution < 1.29 is 9.90 Å². The Morgan fingerprint density at radius 2 is 1.81 bits per heavy atom. The fourth-order valence-corrected chi connectivity index (χ4v) is 3.77. The highest BCUT2D eigenvalue weighted by Gasteiger charge is 2.08. The number of rotatable bonds is 10. The smallest absolute Gasteiger partial charge is 0.181 e. The minimum absolute atomic E-state index is 0.0117. The molecular weight excluding hydrogens is 386 g/mol. The van der Waals surface area contributed by atoms with Crippen molar-refractivity contribution in [3.8, 4) is 0 Å². The number of Topliss-reactive ketones (excluding diaryl/α,β-unsaturated/α-hetero) is 1. The number of ketones is 1. The van der Waals surface area contributed by atoms with Crippen molar-refractivity contribution in [2.24, 2.45) is 0 Å². The number of nitrogens with zero attached hydrogens (tertiary/aromatic N) is 1. The van der Waals surface area contributed by atoms with Gasteiger partial charge in [0.05, 0.1) is 0 Å². The predicted octanol–water partition coefficient (Wildman–Crippen LogP) is 5.44. The van der Waals surface area contributed by atoms with E-state index in [1.807, 2.05) is 6.07 Å². The van der Waals surface area contributed by atoms with Crippen molar-refractivity contribution in [1.29, 1.82) is 0 Å². The van der Waals surface area contributed by atoms with Crippen molar-refractivity contribution in [1.82, 2.24) is 9.97 Å². The number of aromatic nitrogens is 2. The fourth-order valence-electron chi connectivity index (χ4n) is 3.77. The van der Waals surface area contributed by atoms with Crippen LogP contribution < -0.4 is 5.32 Å². The molecule has 3 N–H and O–H groups in total. The summed E-state index contributed by atoms with van der Waals surface area (Å²) in [6.07, 6.45) is 7.69. The van der Waals surface area contributed by atoms with Gasteiger partial charge in [0.25, 0.3) is 0 Å². The molecule has 0 unspecified atom stereocenters. The lowest BCUT2D eigenvalue weighted by atomic mass is 10.0. The van der Waals surface area contributed by atoms with Crippen molar-refractivity contribution >= 4 is 28.1 Å². The second-order valence-electron chi connectivity index (χ2n) is 7.72. The summed E-state index contributed by atoms with van der Waals surface area (Å²) >= 11 is 0. The number of para-hydroxylation sites is 1. The molecule has 2 heterocycles. The van der Waals surface area contributed by atoms with E-state index in [-0.39, 0.29) is 12.4 Å². The van der Waals surface area contributed by atoms with Crippen LogP contribution in [-0.2, 0) is 12.8 Å². The van der Waals surface area contributed by atoms with E-state index >= 15 is 0 Å². The number of carbonyl (C=O) groups is 1. The van der Waals surface area contributed by atoms with Gasteiger partial charge < -0.3 is 15.4 Å². The minimum atomic E-state index is -0.0525. The lowest BCUT2D eigenvalue weighted by Crippen LogP contribution is -2.04.